The van der Waals surface area contributed by atoms with Crippen LogP contribution in [0.25, 0.3) is 0 Å². The summed E-state index contributed by atoms with van der Waals surface area (Å²) in [5.74, 6) is -0.188. The molecule has 0 atom stereocenters. The standard InChI is InChI=1S/C14H19FN2O/c1-11-5-6-12(15)9-13(11)16-10-14(18)17-7-3-2-4-8-17/h5-6,9,16H,2-4,7-8,10H2,1H3. The molecule has 18 heavy (non-hydrogen) atoms. The number of aryl methyl sites for hydroxylation is 1. The fourth-order valence-electron chi connectivity index (χ4n) is 2.21. The molecule has 1 fully saturated rings. The number of carbonyl (C=O) groups excluding carboxylic acids is 1. The summed E-state index contributed by atoms with van der Waals surface area (Å²) < 4.78 is 13.1. The van der Waals surface area contributed by atoms with Gasteiger partial charge in [-0.15, -0.1) is 0 Å². The van der Waals surface area contributed by atoms with Gasteiger partial charge in [0.15, 0.2) is 0 Å². The second-order valence-electron chi connectivity index (χ2n) is 4.75. The number of nitrogens with one attached hydrogen (secondary N) is 1. The molecule has 0 saturated carbocycles. The lowest BCUT2D eigenvalue weighted by molar-refractivity contribution is -0.130. The number of likely N-dealkylation sites (tertiary alicyclic amines) is 1. The SMILES string of the molecule is Cc1ccc(F)cc1NCC(=O)N1CCCCC1. The summed E-state index contributed by atoms with van der Waals surface area (Å²) in [5, 5.41) is 3.02. The van der Waals surface area contributed by atoms with Gasteiger partial charge >= 0.3 is 0 Å². The van der Waals surface area contributed by atoms with E-state index in [2.05, 4.69) is 5.32 Å². The Labute approximate surface area is 107 Å². The fraction of sp³-hybridized carbons (Fsp3) is 0.500. The Morgan fingerprint density at radius 1 is 1.33 bits per heavy atom. The molecular weight excluding hydrogens is 231 g/mol. The number of rotatable bonds is 3. The summed E-state index contributed by atoms with van der Waals surface area (Å²) in [7, 11) is 0. The van der Waals surface area contributed by atoms with Gasteiger partial charge in [-0.2, -0.15) is 0 Å². The van der Waals surface area contributed by atoms with E-state index < -0.39 is 0 Å². The zero-order valence-electron chi connectivity index (χ0n) is 10.7. The lowest BCUT2D eigenvalue weighted by atomic mass is 10.1. The molecule has 0 bridgehead atoms. The molecule has 1 aromatic rings. The van der Waals surface area contributed by atoms with Crippen LogP contribution in [0.3, 0.4) is 0 Å². The number of halogens is 1. The minimum atomic E-state index is -0.284. The number of piperidine rings is 1. The van der Waals surface area contributed by atoms with Gasteiger partial charge in [0.2, 0.25) is 5.91 Å². The van der Waals surface area contributed by atoms with Crippen molar-refractivity contribution >= 4 is 11.6 Å². The first-order chi connectivity index (χ1) is 8.66. The first kappa shape index (κ1) is 12.9. The second-order valence-corrected chi connectivity index (χ2v) is 4.75. The molecule has 1 saturated heterocycles. The van der Waals surface area contributed by atoms with Crippen LogP contribution in [0.15, 0.2) is 18.2 Å². The quantitative estimate of drug-likeness (QED) is 0.894. The lowest BCUT2D eigenvalue weighted by Crippen LogP contribution is -2.39. The number of hydrogen-bond acceptors (Lipinski definition) is 2. The average Bonchev–Trinajstić information content (AvgIpc) is 2.40. The highest BCUT2D eigenvalue weighted by Gasteiger charge is 2.16. The van der Waals surface area contributed by atoms with Gasteiger partial charge in [0.25, 0.3) is 0 Å². The van der Waals surface area contributed by atoms with Crippen molar-refractivity contribution in [1.29, 1.82) is 0 Å². The van der Waals surface area contributed by atoms with Crippen molar-refractivity contribution in [2.24, 2.45) is 0 Å². The summed E-state index contributed by atoms with van der Waals surface area (Å²) in [5.41, 5.74) is 1.64. The largest absolute Gasteiger partial charge is 0.376 e. The molecule has 98 valence electrons. The van der Waals surface area contributed by atoms with Gasteiger partial charge in [0.1, 0.15) is 5.82 Å². The van der Waals surface area contributed by atoms with Gasteiger partial charge in [-0.25, -0.2) is 4.39 Å². The van der Waals surface area contributed by atoms with Crippen LogP contribution in [0, 0.1) is 12.7 Å². The van der Waals surface area contributed by atoms with Crippen LogP contribution in [-0.4, -0.2) is 30.4 Å². The van der Waals surface area contributed by atoms with Crippen LogP contribution in [0.4, 0.5) is 10.1 Å². The zero-order valence-corrected chi connectivity index (χ0v) is 10.7. The maximum absolute atomic E-state index is 13.1. The summed E-state index contributed by atoms with van der Waals surface area (Å²) >= 11 is 0. The van der Waals surface area contributed by atoms with Crippen LogP contribution < -0.4 is 5.32 Å². The summed E-state index contributed by atoms with van der Waals surface area (Å²) in [6.07, 6.45) is 3.38. The van der Waals surface area contributed by atoms with E-state index in [4.69, 9.17) is 0 Å². The molecule has 1 heterocycles. The number of carbonyl (C=O) groups is 1. The third kappa shape index (κ3) is 3.22. The van der Waals surface area contributed by atoms with Crippen LogP contribution >= 0.6 is 0 Å². The topological polar surface area (TPSA) is 32.3 Å². The Hall–Kier alpha value is -1.58. The molecule has 0 spiro atoms. The summed E-state index contributed by atoms with van der Waals surface area (Å²) in [6.45, 7) is 3.84. The normalized spacial score (nSPS) is 15.6. The van der Waals surface area contributed by atoms with Crippen molar-refractivity contribution in [3.63, 3.8) is 0 Å². The van der Waals surface area contributed by atoms with Gasteiger partial charge in [0.05, 0.1) is 6.54 Å². The molecule has 1 aliphatic rings. The maximum atomic E-state index is 13.1. The number of benzene rings is 1. The van der Waals surface area contributed by atoms with Crippen molar-refractivity contribution in [2.45, 2.75) is 26.2 Å². The van der Waals surface area contributed by atoms with Crippen LogP contribution in [0.2, 0.25) is 0 Å². The Balaban J connectivity index is 1.90. The van der Waals surface area contributed by atoms with E-state index in [-0.39, 0.29) is 18.3 Å². The first-order valence-corrected chi connectivity index (χ1v) is 6.44. The molecule has 0 aliphatic carbocycles. The van der Waals surface area contributed by atoms with Gasteiger partial charge in [0, 0.05) is 18.8 Å². The molecule has 3 nitrogen and oxygen atoms in total. The zero-order chi connectivity index (χ0) is 13.0. The van der Waals surface area contributed by atoms with Crippen molar-refractivity contribution in [1.82, 2.24) is 4.90 Å². The number of nitrogens with zero attached hydrogens (tertiary/aromatic N) is 1. The minimum absolute atomic E-state index is 0.0957. The highest BCUT2D eigenvalue weighted by atomic mass is 19.1. The smallest absolute Gasteiger partial charge is 0.241 e. The van der Waals surface area contributed by atoms with Crippen molar-refractivity contribution in [3.8, 4) is 0 Å². The van der Waals surface area contributed by atoms with E-state index >= 15 is 0 Å². The molecule has 4 heteroatoms. The predicted molar refractivity (Wildman–Crippen MR) is 70.1 cm³/mol. The Bertz CT molecular complexity index is 428. The average molecular weight is 250 g/mol. The third-order valence-corrected chi connectivity index (χ3v) is 3.34. The molecule has 0 unspecified atom stereocenters. The predicted octanol–water partition coefficient (Wildman–Crippen LogP) is 2.56. The van der Waals surface area contributed by atoms with Crippen LogP contribution in [0.1, 0.15) is 24.8 Å². The van der Waals surface area contributed by atoms with Gasteiger partial charge in [-0.05, 0) is 43.9 Å². The van der Waals surface area contributed by atoms with E-state index in [0.717, 1.165) is 31.5 Å². The fourth-order valence-corrected chi connectivity index (χ4v) is 2.21. The van der Waals surface area contributed by atoms with Gasteiger partial charge in [-0.1, -0.05) is 6.07 Å². The Morgan fingerprint density at radius 2 is 2.06 bits per heavy atom. The van der Waals surface area contributed by atoms with Gasteiger partial charge < -0.3 is 10.2 Å². The van der Waals surface area contributed by atoms with E-state index in [0.29, 0.717) is 5.69 Å². The highest BCUT2D eigenvalue weighted by Crippen LogP contribution is 2.16. The van der Waals surface area contributed by atoms with Gasteiger partial charge in [-0.3, -0.25) is 4.79 Å². The molecule has 0 radical (unpaired) electrons. The summed E-state index contributed by atoms with van der Waals surface area (Å²) in [6, 6.07) is 4.56. The van der Waals surface area contributed by atoms with E-state index in [1.807, 2.05) is 11.8 Å². The van der Waals surface area contributed by atoms with E-state index in [9.17, 15) is 9.18 Å². The lowest BCUT2D eigenvalue weighted by Gasteiger charge is -2.27. The molecule has 1 aliphatic heterocycles. The van der Waals surface area contributed by atoms with Crippen molar-refractivity contribution in [2.75, 3.05) is 25.0 Å². The van der Waals surface area contributed by atoms with Crippen LogP contribution in [0.5, 0.6) is 0 Å². The molecule has 1 aromatic carbocycles. The minimum Gasteiger partial charge on any atom is -0.376 e. The molecule has 2 rings (SSSR count). The number of hydrogen-bond donors (Lipinski definition) is 1. The molecule has 0 aromatic heterocycles. The Kier molecular flexibility index (Phi) is 4.18. The third-order valence-electron chi connectivity index (χ3n) is 3.34. The number of amides is 1. The molecular formula is C14H19FN2O. The summed E-state index contributed by atoms with van der Waals surface area (Å²) in [4.78, 5) is 13.8. The van der Waals surface area contributed by atoms with Crippen molar-refractivity contribution < 1.29 is 9.18 Å². The molecule has 1 N–H and O–H groups in total. The van der Waals surface area contributed by atoms with Crippen LogP contribution in [-0.2, 0) is 4.79 Å². The maximum Gasteiger partial charge on any atom is 0.241 e. The molecule has 1 amide bonds. The van der Waals surface area contributed by atoms with E-state index in [1.165, 1.54) is 18.6 Å². The second kappa shape index (κ2) is 5.85. The number of anilines is 1. The van der Waals surface area contributed by atoms with Crippen molar-refractivity contribution in [3.05, 3.63) is 29.6 Å². The highest BCUT2D eigenvalue weighted by molar-refractivity contribution is 5.81. The first-order valence-electron chi connectivity index (χ1n) is 6.44. The monoisotopic (exact) mass is 250 g/mol. The Morgan fingerprint density at radius 3 is 2.78 bits per heavy atom. The van der Waals surface area contributed by atoms with E-state index in [1.54, 1.807) is 6.07 Å².